The third-order valence-corrected chi connectivity index (χ3v) is 1.97. The molecule has 0 aromatic carbocycles. The number of fused-ring (bicyclic) bond motifs is 3. The van der Waals surface area contributed by atoms with Gasteiger partial charge in [-0.05, 0) is 6.07 Å². The second kappa shape index (κ2) is 2.26. The van der Waals surface area contributed by atoms with Gasteiger partial charge in [-0.15, -0.1) is 0 Å². The highest BCUT2D eigenvalue weighted by molar-refractivity contribution is 6.01. The van der Waals surface area contributed by atoms with Gasteiger partial charge in [-0.3, -0.25) is 0 Å². The standard InChI is InChI=1S/C9H5N3O/c1-2-10-9-7(1)8-6(3-11-9)4-13-5-12-8/h1-5H. The van der Waals surface area contributed by atoms with Crippen molar-refractivity contribution in [1.82, 2.24) is 15.0 Å². The Bertz CT molecular complexity index is 573. The van der Waals surface area contributed by atoms with E-state index in [1.54, 1.807) is 18.7 Å². The van der Waals surface area contributed by atoms with E-state index < -0.39 is 0 Å². The molecule has 4 heteroatoms. The van der Waals surface area contributed by atoms with Crippen molar-refractivity contribution in [3.05, 3.63) is 31.1 Å². The van der Waals surface area contributed by atoms with Gasteiger partial charge in [-0.25, -0.2) is 15.0 Å². The number of pyridine rings is 1. The van der Waals surface area contributed by atoms with Crippen LogP contribution < -0.4 is 0 Å². The van der Waals surface area contributed by atoms with Crippen LogP contribution in [0.3, 0.4) is 0 Å². The maximum absolute atomic E-state index is 4.94. The Kier molecular flexibility index (Phi) is 1.14. The summed E-state index contributed by atoms with van der Waals surface area (Å²) in [6, 6.07) is 1.90. The molecule has 4 nitrogen and oxygen atoms in total. The van der Waals surface area contributed by atoms with E-state index in [-0.39, 0.29) is 0 Å². The van der Waals surface area contributed by atoms with Crippen LogP contribution in [0.5, 0.6) is 0 Å². The second-order valence-corrected chi connectivity index (χ2v) is 2.73. The lowest BCUT2D eigenvalue weighted by atomic mass is 10.2. The first-order valence-corrected chi connectivity index (χ1v) is 3.87. The van der Waals surface area contributed by atoms with Crippen molar-refractivity contribution >= 4 is 21.9 Å². The minimum absolute atomic E-state index is 0.728. The largest absolute Gasteiger partial charge is 0.453 e. The van der Waals surface area contributed by atoms with Gasteiger partial charge >= 0.3 is 0 Å². The molecular weight excluding hydrogens is 166 g/mol. The van der Waals surface area contributed by atoms with Crippen LogP contribution in [-0.4, -0.2) is 15.0 Å². The van der Waals surface area contributed by atoms with Crippen LogP contribution in [-0.2, 0) is 0 Å². The van der Waals surface area contributed by atoms with Crippen molar-refractivity contribution in [2.75, 3.05) is 0 Å². The summed E-state index contributed by atoms with van der Waals surface area (Å²) in [6.07, 6.45) is 6.47. The fourth-order valence-electron chi connectivity index (χ4n) is 1.38. The molecular formula is C9H5N3O. The summed E-state index contributed by atoms with van der Waals surface area (Å²) in [5, 5.41) is 1.86. The fraction of sp³-hybridized carbons (Fsp3) is 0. The van der Waals surface area contributed by atoms with Crippen molar-refractivity contribution in [2.45, 2.75) is 0 Å². The van der Waals surface area contributed by atoms with Gasteiger partial charge < -0.3 is 4.42 Å². The molecule has 0 aliphatic rings. The van der Waals surface area contributed by atoms with E-state index in [0.29, 0.717) is 0 Å². The average molecular weight is 171 g/mol. The molecule has 0 saturated carbocycles. The van der Waals surface area contributed by atoms with Gasteiger partial charge in [0, 0.05) is 17.8 Å². The van der Waals surface area contributed by atoms with Crippen LogP contribution in [0.4, 0.5) is 0 Å². The van der Waals surface area contributed by atoms with Crippen LogP contribution in [0.25, 0.3) is 21.9 Å². The van der Waals surface area contributed by atoms with Gasteiger partial charge in [0.2, 0.25) is 0 Å². The van der Waals surface area contributed by atoms with Crippen LogP contribution in [0, 0.1) is 0 Å². The minimum Gasteiger partial charge on any atom is -0.453 e. The summed E-state index contributed by atoms with van der Waals surface area (Å²) < 4.78 is 4.94. The first-order valence-electron chi connectivity index (χ1n) is 3.87. The number of rotatable bonds is 0. The van der Waals surface area contributed by atoms with Gasteiger partial charge in [-0.1, -0.05) is 0 Å². The third kappa shape index (κ3) is 0.823. The highest BCUT2D eigenvalue weighted by atomic mass is 16.3. The molecule has 0 unspecified atom stereocenters. The molecule has 0 aliphatic heterocycles. The molecule has 0 N–H and O–H groups in total. The zero-order chi connectivity index (χ0) is 8.67. The lowest BCUT2D eigenvalue weighted by Crippen LogP contribution is -1.81. The summed E-state index contributed by atoms with van der Waals surface area (Å²) in [4.78, 5) is 12.4. The van der Waals surface area contributed by atoms with Crippen molar-refractivity contribution < 1.29 is 4.42 Å². The predicted octanol–water partition coefficient (Wildman–Crippen LogP) is 1.77. The molecule has 0 bridgehead atoms. The van der Waals surface area contributed by atoms with Gasteiger partial charge in [0.25, 0.3) is 0 Å². The molecule has 62 valence electrons. The van der Waals surface area contributed by atoms with E-state index in [4.69, 9.17) is 4.42 Å². The van der Waals surface area contributed by atoms with E-state index >= 15 is 0 Å². The molecule has 0 aliphatic carbocycles. The minimum atomic E-state index is 0.728. The van der Waals surface area contributed by atoms with Crippen LogP contribution in [0.15, 0.2) is 35.5 Å². The Morgan fingerprint density at radius 3 is 3.15 bits per heavy atom. The maximum atomic E-state index is 4.94. The zero-order valence-corrected chi connectivity index (χ0v) is 6.64. The highest BCUT2D eigenvalue weighted by Gasteiger charge is 2.03. The third-order valence-electron chi connectivity index (χ3n) is 1.97. The molecule has 3 aromatic heterocycles. The lowest BCUT2D eigenvalue weighted by Gasteiger charge is -1.94. The molecule has 0 atom stereocenters. The molecule has 13 heavy (non-hydrogen) atoms. The molecule has 3 rings (SSSR count). The number of hydrogen-bond donors (Lipinski definition) is 0. The Labute approximate surface area is 73.2 Å². The zero-order valence-electron chi connectivity index (χ0n) is 6.64. The van der Waals surface area contributed by atoms with Gasteiger partial charge in [0.1, 0.15) is 6.26 Å². The Hall–Kier alpha value is -1.97. The number of nitrogens with zero attached hydrogens (tertiary/aromatic N) is 3. The molecule has 3 heterocycles. The normalized spacial score (nSPS) is 11.1. The average Bonchev–Trinajstić information content (AvgIpc) is 2.65. The fourth-order valence-corrected chi connectivity index (χ4v) is 1.38. The molecule has 0 fully saturated rings. The molecule has 0 amide bonds. The van der Waals surface area contributed by atoms with Crippen molar-refractivity contribution in [3.63, 3.8) is 0 Å². The maximum Gasteiger partial charge on any atom is 0.180 e. The quantitative estimate of drug-likeness (QED) is 0.517. The van der Waals surface area contributed by atoms with Crippen molar-refractivity contribution in [2.24, 2.45) is 0 Å². The first kappa shape index (κ1) is 6.54. The van der Waals surface area contributed by atoms with E-state index in [2.05, 4.69) is 15.0 Å². The summed E-state index contributed by atoms with van der Waals surface area (Å²) >= 11 is 0. The van der Waals surface area contributed by atoms with Crippen LogP contribution in [0.2, 0.25) is 0 Å². The van der Waals surface area contributed by atoms with E-state index in [0.717, 1.165) is 21.9 Å². The Morgan fingerprint density at radius 1 is 1.15 bits per heavy atom. The van der Waals surface area contributed by atoms with Crippen molar-refractivity contribution in [3.8, 4) is 0 Å². The van der Waals surface area contributed by atoms with Gasteiger partial charge in [0.15, 0.2) is 12.0 Å². The van der Waals surface area contributed by atoms with Crippen LogP contribution in [0.1, 0.15) is 0 Å². The molecule has 0 spiro atoms. The topological polar surface area (TPSA) is 51.8 Å². The number of aromatic nitrogens is 3. The monoisotopic (exact) mass is 171 g/mol. The SMILES string of the molecule is c1cc2c(n1)ncc1cocnc12. The first-order chi connectivity index (χ1) is 6.45. The van der Waals surface area contributed by atoms with E-state index in [9.17, 15) is 0 Å². The molecule has 0 saturated heterocycles. The second-order valence-electron chi connectivity index (χ2n) is 2.73. The summed E-state index contributed by atoms with van der Waals surface area (Å²) in [5.41, 5.74) is 1.61. The predicted molar refractivity (Wildman–Crippen MR) is 47.1 cm³/mol. The van der Waals surface area contributed by atoms with Gasteiger partial charge in [0.05, 0.1) is 10.9 Å². The Balaban J connectivity index is 2.65. The summed E-state index contributed by atoms with van der Waals surface area (Å²) in [7, 11) is 0. The summed E-state index contributed by atoms with van der Waals surface area (Å²) in [6.45, 7) is 0. The lowest BCUT2D eigenvalue weighted by molar-refractivity contribution is 0.537. The van der Waals surface area contributed by atoms with Gasteiger partial charge in [-0.2, -0.15) is 0 Å². The summed E-state index contributed by atoms with van der Waals surface area (Å²) in [5.74, 6) is 0. The molecule has 3 aromatic rings. The smallest absolute Gasteiger partial charge is 0.180 e. The number of hydrogen-bond acceptors (Lipinski definition) is 4. The molecule has 0 radical (unpaired) electrons. The van der Waals surface area contributed by atoms with Crippen LogP contribution >= 0.6 is 0 Å². The van der Waals surface area contributed by atoms with Crippen molar-refractivity contribution in [1.29, 1.82) is 0 Å². The van der Waals surface area contributed by atoms with E-state index in [1.807, 2.05) is 6.07 Å². The Morgan fingerprint density at radius 2 is 2.15 bits per heavy atom. The highest BCUT2D eigenvalue weighted by Crippen LogP contribution is 2.19. The van der Waals surface area contributed by atoms with E-state index in [1.165, 1.54) is 6.39 Å².